The number of thioether (sulfide) groups is 1. The average Bonchev–Trinajstić information content (AvgIpc) is 3.27. The lowest BCUT2D eigenvalue weighted by Gasteiger charge is -2.16. The van der Waals surface area contributed by atoms with Crippen LogP contribution < -0.4 is 5.56 Å². The van der Waals surface area contributed by atoms with Crippen LogP contribution in [0.5, 0.6) is 0 Å². The lowest BCUT2D eigenvalue weighted by atomic mass is 10.2. The highest BCUT2D eigenvalue weighted by Gasteiger charge is 2.20. The van der Waals surface area contributed by atoms with Gasteiger partial charge in [0.05, 0.1) is 29.1 Å². The van der Waals surface area contributed by atoms with Crippen molar-refractivity contribution in [2.45, 2.75) is 30.6 Å². The number of para-hydroxylation sites is 1. The van der Waals surface area contributed by atoms with Crippen LogP contribution in [0.2, 0.25) is 0 Å². The molecule has 0 aliphatic carbocycles. The van der Waals surface area contributed by atoms with Crippen molar-refractivity contribution in [2.75, 3.05) is 19.0 Å². The van der Waals surface area contributed by atoms with Crippen LogP contribution in [0, 0.1) is 0 Å². The molecule has 1 aromatic heterocycles. The van der Waals surface area contributed by atoms with Gasteiger partial charge in [-0.15, -0.1) is 0 Å². The second-order valence-electron chi connectivity index (χ2n) is 6.81. The van der Waals surface area contributed by atoms with Crippen molar-refractivity contribution >= 4 is 28.6 Å². The zero-order chi connectivity index (χ0) is 20.1. The summed E-state index contributed by atoms with van der Waals surface area (Å²) in [4.78, 5) is 29.8. The van der Waals surface area contributed by atoms with E-state index in [0.717, 1.165) is 19.4 Å². The molecule has 2 heterocycles. The molecule has 3 aromatic rings. The third kappa shape index (κ3) is 4.68. The summed E-state index contributed by atoms with van der Waals surface area (Å²) in [6, 6.07) is 16.2. The van der Waals surface area contributed by atoms with E-state index in [0.29, 0.717) is 33.9 Å². The second-order valence-corrected chi connectivity index (χ2v) is 7.87. The average molecular weight is 410 g/mol. The number of rotatable bonds is 7. The van der Waals surface area contributed by atoms with Crippen LogP contribution in [-0.4, -0.2) is 40.6 Å². The minimum absolute atomic E-state index is 0.0333. The Labute approximate surface area is 172 Å². The quantitative estimate of drug-likeness (QED) is 0.257. The van der Waals surface area contributed by atoms with Gasteiger partial charge in [0.15, 0.2) is 5.16 Å². The molecule has 4 rings (SSSR count). The fraction of sp³-hybridized carbons (Fsp3) is 0.318. The first-order valence-corrected chi connectivity index (χ1v) is 10.7. The maximum absolute atomic E-state index is 13.0. The number of esters is 1. The third-order valence-electron chi connectivity index (χ3n) is 4.79. The molecule has 2 aromatic carbocycles. The Kier molecular flexibility index (Phi) is 6.27. The van der Waals surface area contributed by atoms with Gasteiger partial charge in [-0.25, -0.2) is 9.78 Å². The first-order valence-electron chi connectivity index (χ1n) is 9.68. The molecule has 0 N–H and O–H groups in total. The molecule has 6 nitrogen and oxygen atoms in total. The molecule has 0 amide bonds. The van der Waals surface area contributed by atoms with Crippen molar-refractivity contribution in [2.24, 2.45) is 0 Å². The number of ether oxygens (including phenoxy) is 2. The Hall–Kier alpha value is -2.64. The molecule has 0 saturated carbocycles. The zero-order valence-electron chi connectivity index (χ0n) is 16.0. The largest absolute Gasteiger partial charge is 0.461 e. The molecule has 1 saturated heterocycles. The van der Waals surface area contributed by atoms with Crippen molar-refractivity contribution in [1.82, 2.24) is 9.55 Å². The first-order chi connectivity index (χ1) is 14.2. The Morgan fingerprint density at radius 1 is 1.17 bits per heavy atom. The normalized spacial score (nSPS) is 16.2. The molecule has 0 unspecified atom stereocenters. The van der Waals surface area contributed by atoms with Crippen molar-refractivity contribution in [3.05, 3.63) is 70.5 Å². The number of carbonyl (C=O) groups excluding carboxylic acids is 1. The van der Waals surface area contributed by atoms with E-state index < -0.39 is 0 Å². The van der Waals surface area contributed by atoms with E-state index in [2.05, 4.69) is 4.98 Å². The molecule has 150 valence electrons. The minimum atomic E-state index is -0.352. The Bertz CT molecular complexity index is 1050. The molecule has 0 bridgehead atoms. The van der Waals surface area contributed by atoms with E-state index in [1.165, 1.54) is 11.8 Å². The summed E-state index contributed by atoms with van der Waals surface area (Å²) in [6.45, 7) is 1.46. The predicted octanol–water partition coefficient (Wildman–Crippen LogP) is 3.52. The molecular formula is C22H22N2O4S. The molecule has 1 aliphatic heterocycles. The van der Waals surface area contributed by atoms with Crippen molar-refractivity contribution in [3.63, 3.8) is 0 Å². The van der Waals surface area contributed by atoms with Crippen LogP contribution in [0.3, 0.4) is 0 Å². The number of nitrogens with zero attached hydrogens (tertiary/aromatic N) is 2. The number of aromatic nitrogens is 2. The van der Waals surface area contributed by atoms with E-state index in [9.17, 15) is 9.59 Å². The van der Waals surface area contributed by atoms with Gasteiger partial charge in [0.1, 0.15) is 6.61 Å². The van der Waals surface area contributed by atoms with Crippen LogP contribution in [0.25, 0.3) is 10.9 Å². The van der Waals surface area contributed by atoms with Gasteiger partial charge >= 0.3 is 5.97 Å². The zero-order valence-corrected chi connectivity index (χ0v) is 16.8. The molecule has 0 radical (unpaired) electrons. The van der Waals surface area contributed by atoms with Crippen LogP contribution in [0.1, 0.15) is 23.2 Å². The van der Waals surface area contributed by atoms with E-state index in [1.54, 1.807) is 34.9 Å². The van der Waals surface area contributed by atoms with Crippen molar-refractivity contribution < 1.29 is 14.3 Å². The molecule has 1 aliphatic rings. The predicted molar refractivity (Wildman–Crippen MR) is 112 cm³/mol. The Balaban J connectivity index is 1.48. The first kappa shape index (κ1) is 19.7. The van der Waals surface area contributed by atoms with Gasteiger partial charge in [0.25, 0.3) is 5.56 Å². The van der Waals surface area contributed by atoms with E-state index >= 15 is 0 Å². The summed E-state index contributed by atoms with van der Waals surface area (Å²) in [7, 11) is 0. The SMILES string of the molecule is O=C(OCCSc1nc2ccccc2c(=O)n1C[C@@H]1CCCO1)c1ccccc1. The summed E-state index contributed by atoms with van der Waals surface area (Å²) in [5.41, 5.74) is 1.14. The number of benzene rings is 2. The summed E-state index contributed by atoms with van der Waals surface area (Å²) in [5.74, 6) is 0.156. The molecule has 0 spiro atoms. The van der Waals surface area contributed by atoms with Crippen molar-refractivity contribution in [1.29, 1.82) is 0 Å². The maximum atomic E-state index is 13.0. The summed E-state index contributed by atoms with van der Waals surface area (Å²) >= 11 is 1.42. The smallest absolute Gasteiger partial charge is 0.338 e. The number of fused-ring (bicyclic) bond motifs is 1. The van der Waals surface area contributed by atoms with E-state index in [4.69, 9.17) is 9.47 Å². The monoisotopic (exact) mass is 410 g/mol. The Morgan fingerprint density at radius 3 is 2.76 bits per heavy atom. The van der Waals surface area contributed by atoms with Gasteiger partial charge in [-0.05, 0) is 37.1 Å². The molecular weight excluding hydrogens is 388 g/mol. The highest BCUT2D eigenvalue weighted by molar-refractivity contribution is 7.99. The lowest BCUT2D eigenvalue weighted by molar-refractivity contribution is 0.0530. The fourth-order valence-corrected chi connectivity index (χ4v) is 4.16. The van der Waals surface area contributed by atoms with Gasteiger partial charge in [-0.1, -0.05) is 42.1 Å². The van der Waals surface area contributed by atoms with Gasteiger partial charge in [-0.2, -0.15) is 0 Å². The molecule has 7 heteroatoms. The summed E-state index contributed by atoms with van der Waals surface area (Å²) < 4.78 is 12.8. The van der Waals surface area contributed by atoms with Crippen LogP contribution in [-0.2, 0) is 16.0 Å². The van der Waals surface area contributed by atoms with Gasteiger partial charge in [0.2, 0.25) is 0 Å². The highest BCUT2D eigenvalue weighted by Crippen LogP contribution is 2.21. The topological polar surface area (TPSA) is 70.4 Å². The van der Waals surface area contributed by atoms with Crippen LogP contribution >= 0.6 is 11.8 Å². The molecule has 1 fully saturated rings. The molecule has 29 heavy (non-hydrogen) atoms. The van der Waals surface area contributed by atoms with E-state index in [-0.39, 0.29) is 24.2 Å². The lowest BCUT2D eigenvalue weighted by Crippen LogP contribution is -2.29. The minimum Gasteiger partial charge on any atom is -0.461 e. The maximum Gasteiger partial charge on any atom is 0.338 e. The van der Waals surface area contributed by atoms with Crippen LogP contribution in [0.4, 0.5) is 0 Å². The summed E-state index contributed by atoms with van der Waals surface area (Å²) in [6.07, 6.45) is 1.99. The number of hydrogen-bond acceptors (Lipinski definition) is 6. The van der Waals surface area contributed by atoms with Crippen molar-refractivity contribution in [3.8, 4) is 0 Å². The third-order valence-corrected chi connectivity index (χ3v) is 5.73. The van der Waals surface area contributed by atoms with Gasteiger partial charge in [0, 0.05) is 12.4 Å². The van der Waals surface area contributed by atoms with Gasteiger partial charge in [-0.3, -0.25) is 9.36 Å². The summed E-state index contributed by atoms with van der Waals surface area (Å²) in [5, 5.41) is 1.23. The number of carbonyl (C=O) groups is 1. The van der Waals surface area contributed by atoms with E-state index in [1.807, 2.05) is 24.3 Å². The standard InChI is InChI=1S/C22H22N2O4S/c25-20-18-10-4-5-11-19(18)23-22(24(20)15-17-9-6-12-27-17)29-14-13-28-21(26)16-7-2-1-3-8-16/h1-5,7-8,10-11,17H,6,9,12-15H2/t17-/m0/s1. The highest BCUT2D eigenvalue weighted by atomic mass is 32.2. The number of hydrogen-bond donors (Lipinski definition) is 0. The van der Waals surface area contributed by atoms with Gasteiger partial charge < -0.3 is 9.47 Å². The fourth-order valence-electron chi connectivity index (χ4n) is 3.34. The van der Waals surface area contributed by atoms with Crippen LogP contribution in [0.15, 0.2) is 64.5 Å². The Morgan fingerprint density at radius 2 is 1.97 bits per heavy atom. The second kappa shape index (κ2) is 9.24. The molecule has 1 atom stereocenters.